The Bertz CT molecular complexity index is 380. The van der Waals surface area contributed by atoms with Crippen LogP contribution in [0.25, 0.3) is 0 Å². The first-order valence-electron chi connectivity index (χ1n) is 4.89. The van der Waals surface area contributed by atoms with Gasteiger partial charge in [0.25, 0.3) is 0 Å². The van der Waals surface area contributed by atoms with Gasteiger partial charge in [0.1, 0.15) is 0 Å². The monoisotopic (exact) mass is 229 g/mol. The summed E-state index contributed by atoms with van der Waals surface area (Å²) in [5.41, 5.74) is 0. The van der Waals surface area contributed by atoms with Crippen molar-refractivity contribution in [2.45, 2.75) is 25.8 Å². The Morgan fingerprint density at radius 1 is 1.67 bits per heavy atom. The van der Waals surface area contributed by atoms with Crippen molar-refractivity contribution in [3.05, 3.63) is 0 Å². The number of sulfone groups is 1. The molecule has 0 aromatic carbocycles. The summed E-state index contributed by atoms with van der Waals surface area (Å²) >= 11 is 0. The lowest BCUT2D eigenvalue weighted by atomic mass is 10.0. The molecular weight excluding hydrogens is 214 g/mol. The molecule has 5 heteroatoms. The third kappa shape index (κ3) is 3.92. The molecule has 0 saturated carbocycles. The predicted octanol–water partition coefficient (Wildman–Crippen LogP) is -0.0509. The van der Waals surface area contributed by atoms with E-state index in [0.717, 1.165) is 0 Å². The van der Waals surface area contributed by atoms with Crippen LogP contribution < -0.4 is 5.32 Å². The Morgan fingerprint density at radius 3 is 2.80 bits per heavy atom. The molecule has 0 spiro atoms. The lowest BCUT2D eigenvalue weighted by Gasteiger charge is -2.10. The van der Waals surface area contributed by atoms with Gasteiger partial charge in [-0.15, -0.1) is 6.42 Å². The van der Waals surface area contributed by atoms with Crippen LogP contribution in [0.15, 0.2) is 0 Å². The molecule has 0 aromatic rings. The zero-order valence-electron chi connectivity index (χ0n) is 8.69. The first kappa shape index (κ1) is 12.1. The van der Waals surface area contributed by atoms with Gasteiger partial charge in [-0.1, -0.05) is 5.92 Å². The SMILES string of the molecule is C#CC(C)NC(=O)CC1CCS(=O)(=O)C1. The molecule has 1 fully saturated rings. The lowest BCUT2D eigenvalue weighted by molar-refractivity contribution is -0.122. The van der Waals surface area contributed by atoms with Crippen LogP contribution in [0.4, 0.5) is 0 Å². The van der Waals surface area contributed by atoms with Gasteiger partial charge in [-0.05, 0) is 19.3 Å². The summed E-state index contributed by atoms with van der Waals surface area (Å²) in [7, 11) is -2.90. The maximum Gasteiger partial charge on any atom is 0.221 e. The van der Waals surface area contributed by atoms with E-state index in [1.54, 1.807) is 6.92 Å². The number of rotatable bonds is 3. The van der Waals surface area contributed by atoms with E-state index in [0.29, 0.717) is 6.42 Å². The quantitative estimate of drug-likeness (QED) is 0.690. The fourth-order valence-corrected chi connectivity index (χ4v) is 3.50. The Morgan fingerprint density at radius 2 is 2.33 bits per heavy atom. The van der Waals surface area contributed by atoms with E-state index >= 15 is 0 Å². The second kappa shape index (κ2) is 4.67. The molecule has 0 aliphatic carbocycles. The van der Waals surface area contributed by atoms with Crippen molar-refractivity contribution in [1.82, 2.24) is 5.32 Å². The molecule has 2 unspecified atom stereocenters. The van der Waals surface area contributed by atoms with Gasteiger partial charge in [0.2, 0.25) is 5.91 Å². The number of hydrogen-bond acceptors (Lipinski definition) is 3. The number of carbonyl (C=O) groups excluding carboxylic acids is 1. The third-order valence-corrected chi connectivity index (χ3v) is 4.27. The van der Waals surface area contributed by atoms with Crippen LogP contribution >= 0.6 is 0 Å². The maximum absolute atomic E-state index is 11.4. The van der Waals surface area contributed by atoms with Crippen LogP contribution in [-0.4, -0.2) is 31.9 Å². The van der Waals surface area contributed by atoms with Gasteiger partial charge in [-0.2, -0.15) is 0 Å². The van der Waals surface area contributed by atoms with Crippen molar-refractivity contribution in [3.8, 4) is 12.3 Å². The molecule has 1 rings (SSSR count). The molecule has 84 valence electrons. The molecule has 4 nitrogen and oxygen atoms in total. The second-order valence-corrected chi connectivity index (χ2v) is 6.16. The van der Waals surface area contributed by atoms with Gasteiger partial charge in [-0.3, -0.25) is 4.79 Å². The Labute approximate surface area is 90.4 Å². The largest absolute Gasteiger partial charge is 0.343 e. The molecule has 0 aromatic heterocycles. The molecule has 1 heterocycles. The van der Waals surface area contributed by atoms with Crippen molar-refractivity contribution >= 4 is 15.7 Å². The molecular formula is C10H15NO3S. The first-order chi connectivity index (χ1) is 6.93. The van der Waals surface area contributed by atoms with Gasteiger partial charge in [-0.25, -0.2) is 8.42 Å². The average Bonchev–Trinajstić information content (AvgIpc) is 2.44. The highest BCUT2D eigenvalue weighted by Crippen LogP contribution is 2.21. The molecule has 1 saturated heterocycles. The smallest absolute Gasteiger partial charge is 0.221 e. The zero-order valence-corrected chi connectivity index (χ0v) is 9.51. The summed E-state index contributed by atoms with van der Waals surface area (Å²) in [6.07, 6.45) is 5.95. The highest BCUT2D eigenvalue weighted by molar-refractivity contribution is 7.91. The van der Waals surface area contributed by atoms with Crippen LogP contribution in [0.5, 0.6) is 0 Å². The molecule has 0 radical (unpaired) electrons. The standard InChI is InChI=1S/C10H15NO3S/c1-3-8(2)11-10(12)6-9-4-5-15(13,14)7-9/h1,8-9H,4-7H2,2H3,(H,11,12). The summed E-state index contributed by atoms with van der Waals surface area (Å²) in [4.78, 5) is 11.4. The molecule has 0 bridgehead atoms. The predicted molar refractivity (Wildman–Crippen MR) is 57.8 cm³/mol. The van der Waals surface area contributed by atoms with Crippen LogP contribution in [0.1, 0.15) is 19.8 Å². The molecule has 1 aliphatic heterocycles. The number of carbonyl (C=O) groups is 1. The molecule has 2 atom stereocenters. The van der Waals surface area contributed by atoms with Crippen molar-refractivity contribution in [1.29, 1.82) is 0 Å². The highest BCUT2D eigenvalue weighted by atomic mass is 32.2. The topological polar surface area (TPSA) is 63.2 Å². The van der Waals surface area contributed by atoms with Crippen molar-refractivity contribution < 1.29 is 13.2 Å². The van der Waals surface area contributed by atoms with Gasteiger partial charge >= 0.3 is 0 Å². The molecule has 15 heavy (non-hydrogen) atoms. The summed E-state index contributed by atoms with van der Waals surface area (Å²) in [6.45, 7) is 1.71. The molecule has 1 N–H and O–H groups in total. The van der Waals surface area contributed by atoms with Gasteiger partial charge in [0.15, 0.2) is 9.84 Å². The Kier molecular flexibility index (Phi) is 3.75. The highest BCUT2D eigenvalue weighted by Gasteiger charge is 2.29. The molecule has 1 amide bonds. The minimum absolute atomic E-state index is 0.0417. The summed E-state index contributed by atoms with van der Waals surface area (Å²) < 4.78 is 22.3. The third-order valence-electron chi connectivity index (χ3n) is 2.43. The van der Waals surface area contributed by atoms with Crippen molar-refractivity contribution in [3.63, 3.8) is 0 Å². The lowest BCUT2D eigenvalue weighted by Crippen LogP contribution is -2.32. The van der Waals surface area contributed by atoms with Crippen molar-refractivity contribution in [2.24, 2.45) is 5.92 Å². The number of amides is 1. The number of nitrogens with one attached hydrogen (secondary N) is 1. The van der Waals surface area contributed by atoms with E-state index in [4.69, 9.17) is 6.42 Å². The van der Waals surface area contributed by atoms with Crippen LogP contribution in [0.2, 0.25) is 0 Å². The minimum Gasteiger partial charge on any atom is -0.343 e. The van der Waals surface area contributed by atoms with E-state index in [1.165, 1.54) is 0 Å². The van der Waals surface area contributed by atoms with E-state index in [9.17, 15) is 13.2 Å². The van der Waals surface area contributed by atoms with Crippen LogP contribution in [-0.2, 0) is 14.6 Å². The van der Waals surface area contributed by atoms with E-state index in [2.05, 4.69) is 11.2 Å². The summed E-state index contributed by atoms with van der Waals surface area (Å²) in [5.74, 6) is 2.51. The van der Waals surface area contributed by atoms with Gasteiger partial charge in [0.05, 0.1) is 17.5 Å². The zero-order chi connectivity index (χ0) is 11.5. The minimum atomic E-state index is -2.90. The summed E-state index contributed by atoms with van der Waals surface area (Å²) in [6, 6.07) is -0.296. The van der Waals surface area contributed by atoms with Crippen LogP contribution in [0.3, 0.4) is 0 Å². The van der Waals surface area contributed by atoms with E-state index < -0.39 is 9.84 Å². The normalized spacial score (nSPS) is 25.5. The fraction of sp³-hybridized carbons (Fsp3) is 0.700. The maximum atomic E-state index is 11.4. The fourth-order valence-electron chi connectivity index (χ4n) is 1.64. The van der Waals surface area contributed by atoms with Crippen molar-refractivity contribution in [2.75, 3.05) is 11.5 Å². The van der Waals surface area contributed by atoms with E-state index in [1.807, 2.05) is 0 Å². The Hall–Kier alpha value is -1.02. The first-order valence-corrected chi connectivity index (χ1v) is 6.71. The van der Waals surface area contributed by atoms with E-state index in [-0.39, 0.29) is 35.8 Å². The molecule has 1 aliphatic rings. The van der Waals surface area contributed by atoms with Gasteiger partial charge < -0.3 is 5.32 Å². The summed E-state index contributed by atoms with van der Waals surface area (Å²) in [5, 5.41) is 2.61. The Balaban J connectivity index is 2.38. The number of terminal acetylenes is 1. The number of hydrogen-bond donors (Lipinski definition) is 1. The van der Waals surface area contributed by atoms with Gasteiger partial charge in [0, 0.05) is 6.42 Å². The average molecular weight is 229 g/mol. The second-order valence-electron chi connectivity index (χ2n) is 3.93. The van der Waals surface area contributed by atoms with Crippen LogP contribution in [0, 0.1) is 18.3 Å².